The van der Waals surface area contributed by atoms with Gasteiger partial charge in [0.05, 0.1) is 32.8 Å². The van der Waals surface area contributed by atoms with Gasteiger partial charge in [-0.2, -0.15) is 0 Å². The van der Waals surface area contributed by atoms with Crippen molar-refractivity contribution in [2.45, 2.75) is 19.4 Å². The van der Waals surface area contributed by atoms with Crippen molar-refractivity contribution < 1.29 is 18.7 Å². The molecule has 26 heavy (non-hydrogen) atoms. The second-order valence-corrected chi connectivity index (χ2v) is 6.44. The van der Waals surface area contributed by atoms with Crippen molar-refractivity contribution in [3.63, 3.8) is 0 Å². The van der Waals surface area contributed by atoms with Crippen molar-refractivity contribution in [2.24, 2.45) is 0 Å². The average Bonchev–Trinajstić information content (AvgIpc) is 3.09. The molecule has 6 heteroatoms. The highest BCUT2D eigenvalue weighted by Gasteiger charge is 2.25. The van der Waals surface area contributed by atoms with E-state index >= 15 is 0 Å². The van der Waals surface area contributed by atoms with E-state index in [1.54, 1.807) is 7.11 Å². The lowest BCUT2D eigenvalue weighted by atomic mass is 10.1. The van der Waals surface area contributed by atoms with Crippen LogP contribution in [0.2, 0.25) is 0 Å². The Hall–Kier alpha value is -2.31. The van der Waals surface area contributed by atoms with Crippen molar-refractivity contribution in [2.75, 3.05) is 40.0 Å². The van der Waals surface area contributed by atoms with Crippen molar-refractivity contribution in [3.8, 4) is 5.75 Å². The Morgan fingerprint density at radius 3 is 2.54 bits per heavy atom. The fourth-order valence-corrected chi connectivity index (χ4v) is 3.13. The Labute approximate surface area is 154 Å². The summed E-state index contributed by atoms with van der Waals surface area (Å²) in [7, 11) is 1.63. The molecule has 1 atom stereocenters. The topological polar surface area (TPSA) is 63.9 Å². The number of rotatable bonds is 7. The van der Waals surface area contributed by atoms with E-state index in [1.807, 2.05) is 43.3 Å². The van der Waals surface area contributed by atoms with E-state index in [4.69, 9.17) is 13.9 Å². The second-order valence-electron chi connectivity index (χ2n) is 6.44. The lowest BCUT2D eigenvalue weighted by Crippen LogP contribution is -2.43. The Morgan fingerprint density at radius 1 is 1.19 bits per heavy atom. The molecule has 1 fully saturated rings. The summed E-state index contributed by atoms with van der Waals surface area (Å²) < 4.78 is 16.4. The predicted octanol–water partition coefficient (Wildman–Crippen LogP) is 2.33. The van der Waals surface area contributed by atoms with Crippen molar-refractivity contribution in [3.05, 3.63) is 53.5 Å². The van der Waals surface area contributed by atoms with Crippen LogP contribution in [-0.2, 0) is 16.0 Å². The first kappa shape index (κ1) is 18.5. The third-order valence-corrected chi connectivity index (χ3v) is 4.59. The van der Waals surface area contributed by atoms with Crippen molar-refractivity contribution in [1.29, 1.82) is 0 Å². The maximum Gasteiger partial charge on any atom is 0.224 e. The molecular formula is C20H26N2O4. The highest BCUT2D eigenvalue weighted by Crippen LogP contribution is 2.23. The standard InChI is InChI=1S/C20H26N2O4/c1-15-3-8-19(26-15)18(22-9-11-25-12-10-22)14-21-20(23)13-16-4-6-17(24-2)7-5-16/h3-8,18H,9-14H2,1-2H3,(H,21,23)/t18-/m0/s1. The SMILES string of the molecule is COc1ccc(CC(=O)NC[C@@H](c2ccc(C)o2)N2CCOCC2)cc1. The van der Waals surface area contributed by atoms with Crippen LogP contribution < -0.4 is 10.1 Å². The zero-order chi connectivity index (χ0) is 18.4. The minimum Gasteiger partial charge on any atom is -0.497 e. The zero-order valence-corrected chi connectivity index (χ0v) is 15.4. The number of carbonyl (C=O) groups excluding carboxylic acids is 1. The fraction of sp³-hybridized carbons (Fsp3) is 0.450. The third-order valence-electron chi connectivity index (χ3n) is 4.59. The van der Waals surface area contributed by atoms with Gasteiger partial charge in [0.15, 0.2) is 0 Å². The number of ether oxygens (including phenoxy) is 2. The van der Waals surface area contributed by atoms with E-state index < -0.39 is 0 Å². The molecular weight excluding hydrogens is 332 g/mol. The van der Waals surface area contributed by atoms with E-state index in [0.717, 1.165) is 35.9 Å². The van der Waals surface area contributed by atoms with Crippen LogP contribution in [0.15, 0.2) is 40.8 Å². The molecule has 1 N–H and O–H groups in total. The third kappa shape index (κ3) is 4.86. The molecule has 2 heterocycles. The quantitative estimate of drug-likeness (QED) is 0.823. The number of benzene rings is 1. The lowest BCUT2D eigenvalue weighted by molar-refractivity contribution is -0.120. The van der Waals surface area contributed by atoms with Gasteiger partial charge in [0, 0.05) is 19.6 Å². The highest BCUT2D eigenvalue weighted by atomic mass is 16.5. The molecule has 1 aromatic carbocycles. The number of carbonyl (C=O) groups is 1. The summed E-state index contributed by atoms with van der Waals surface area (Å²) >= 11 is 0. The van der Waals surface area contributed by atoms with Gasteiger partial charge in [-0.15, -0.1) is 0 Å². The highest BCUT2D eigenvalue weighted by molar-refractivity contribution is 5.78. The molecule has 0 radical (unpaired) electrons. The molecule has 1 saturated heterocycles. The summed E-state index contributed by atoms with van der Waals surface area (Å²) in [4.78, 5) is 14.7. The van der Waals surface area contributed by atoms with Gasteiger partial charge in [-0.05, 0) is 36.8 Å². The summed E-state index contributed by atoms with van der Waals surface area (Å²) in [5, 5.41) is 3.05. The minimum atomic E-state index is -0.00305. The lowest BCUT2D eigenvalue weighted by Gasteiger charge is -2.33. The van der Waals surface area contributed by atoms with Gasteiger partial charge < -0.3 is 19.2 Å². The number of methoxy groups -OCH3 is 1. The average molecular weight is 358 g/mol. The van der Waals surface area contributed by atoms with Crippen LogP contribution in [0.3, 0.4) is 0 Å². The number of furan rings is 1. The number of aryl methyl sites for hydroxylation is 1. The van der Waals surface area contributed by atoms with Gasteiger partial charge in [-0.1, -0.05) is 12.1 Å². The van der Waals surface area contributed by atoms with Crippen LogP contribution in [0, 0.1) is 6.92 Å². The smallest absolute Gasteiger partial charge is 0.224 e. The van der Waals surface area contributed by atoms with E-state index in [2.05, 4.69) is 10.2 Å². The van der Waals surface area contributed by atoms with Gasteiger partial charge in [-0.3, -0.25) is 9.69 Å². The summed E-state index contributed by atoms with van der Waals surface area (Å²) in [5.41, 5.74) is 0.958. The van der Waals surface area contributed by atoms with Gasteiger partial charge in [-0.25, -0.2) is 0 Å². The van der Waals surface area contributed by atoms with E-state index in [0.29, 0.717) is 26.2 Å². The van der Waals surface area contributed by atoms with E-state index in [1.165, 1.54) is 0 Å². The van der Waals surface area contributed by atoms with Crippen LogP contribution in [0.5, 0.6) is 5.75 Å². The first-order valence-corrected chi connectivity index (χ1v) is 8.93. The second kappa shape index (κ2) is 8.87. The zero-order valence-electron chi connectivity index (χ0n) is 15.4. The molecule has 0 spiro atoms. The number of amides is 1. The maximum atomic E-state index is 12.4. The number of morpholine rings is 1. The fourth-order valence-electron chi connectivity index (χ4n) is 3.13. The summed E-state index contributed by atoms with van der Waals surface area (Å²) in [5.74, 6) is 2.54. The Balaban J connectivity index is 1.60. The van der Waals surface area contributed by atoms with Crippen molar-refractivity contribution in [1.82, 2.24) is 10.2 Å². The molecule has 0 saturated carbocycles. The normalized spacial score (nSPS) is 16.2. The van der Waals surface area contributed by atoms with Crippen molar-refractivity contribution >= 4 is 5.91 Å². The van der Waals surface area contributed by atoms with Gasteiger partial charge >= 0.3 is 0 Å². The van der Waals surface area contributed by atoms with Gasteiger partial charge in [0.1, 0.15) is 17.3 Å². The van der Waals surface area contributed by atoms with Crippen LogP contribution in [0.1, 0.15) is 23.1 Å². The molecule has 0 aliphatic carbocycles. The Bertz CT molecular complexity index is 705. The summed E-state index contributed by atoms with van der Waals surface area (Å²) in [6, 6.07) is 11.5. The molecule has 0 unspecified atom stereocenters. The molecule has 6 nitrogen and oxygen atoms in total. The predicted molar refractivity (Wildman–Crippen MR) is 98.3 cm³/mol. The van der Waals surface area contributed by atoms with Crippen LogP contribution in [-0.4, -0.2) is 50.8 Å². The van der Waals surface area contributed by atoms with Gasteiger partial charge in [0.25, 0.3) is 0 Å². The van der Waals surface area contributed by atoms with E-state index in [9.17, 15) is 4.79 Å². The van der Waals surface area contributed by atoms with Crippen LogP contribution >= 0.6 is 0 Å². The van der Waals surface area contributed by atoms with Crippen LogP contribution in [0.25, 0.3) is 0 Å². The first-order valence-electron chi connectivity index (χ1n) is 8.93. The molecule has 0 bridgehead atoms. The molecule has 140 valence electrons. The summed E-state index contributed by atoms with van der Waals surface area (Å²) in [6.45, 7) is 5.52. The molecule has 1 aliphatic rings. The number of hydrogen-bond donors (Lipinski definition) is 1. The van der Waals surface area contributed by atoms with E-state index in [-0.39, 0.29) is 11.9 Å². The molecule has 1 aromatic heterocycles. The first-order chi connectivity index (χ1) is 12.7. The van der Waals surface area contributed by atoms with Crippen LogP contribution in [0.4, 0.5) is 0 Å². The Kier molecular flexibility index (Phi) is 6.30. The number of hydrogen-bond acceptors (Lipinski definition) is 5. The molecule has 1 aliphatic heterocycles. The number of nitrogens with zero attached hydrogens (tertiary/aromatic N) is 1. The molecule has 2 aromatic rings. The minimum absolute atomic E-state index is 0.00305. The summed E-state index contributed by atoms with van der Waals surface area (Å²) in [6.07, 6.45) is 0.344. The largest absolute Gasteiger partial charge is 0.497 e. The maximum absolute atomic E-state index is 12.4. The molecule has 3 rings (SSSR count). The van der Waals surface area contributed by atoms with Gasteiger partial charge in [0.2, 0.25) is 5.91 Å². The molecule has 1 amide bonds. The Morgan fingerprint density at radius 2 is 1.92 bits per heavy atom. The monoisotopic (exact) mass is 358 g/mol. The number of nitrogens with one attached hydrogen (secondary N) is 1.